The van der Waals surface area contributed by atoms with Gasteiger partial charge in [0.15, 0.2) is 5.03 Å². The van der Waals surface area contributed by atoms with Gasteiger partial charge in [-0.25, -0.2) is 13.4 Å². The van der Waals surface area contributed by atoms with Gasteiger partial charge in [-0.1, -0.05) is 20.8 Å². The first-order valence-corrected chi connectivity index (χ1v) is 9.42. The third kappa shape index (κ3) is 4.48. The highest BCUT2D eigenvalue weighted by Crippen LogP contribution is 2.20. The number of aryl methyl sites for hydroxylation is 1. The van der Waals surface area contributed by atoms with Gasteiger partial charge in [0.2, 0.25) is 0 Å². The van der Waals surface area contributed by atoms with Gasteiger partial charge in [0.25, 0.3) is 9.05 Å². The van der Waals surface area contributed by atoms with Crippen LogP contribution >= 0.6 is 22.4 Å². The zero-order chi connectivity index (χ0) is 13.8. The highest BCUT2D eigenvalue weighted by molar-refractivity contribution is 8.13. The lowest BCUT2D eigenvalue weighted by Gasteiger charge is -2.09. The Bertz CT molecular complexity index is 483. The Balaban J connectivity index is 2.85. The van der Waals surface area contributed by atoms with E-state index < -0.39 is 9.05 Å². The highest BCUT2D eigenvalue weighted by Gasteiger charge is 2.19. The summed E-state index contributed by atoms with van der Waals surface area (Å²) in [6.45, 7) is 6.88. The van der Waals surface area contributed by atoms with Crippen LogP contribution in [0.5, 0.6) is 0 Å². The average Bonchev–Trinajstić information content (AvgIpc) is 2.68. The molecule has 0 saturated carbocycles. The fourth-order valence-corrected chi connectivity index (χ4v) is 2.94. The van der Waals surface area contributed by atoms with Gasteiger partial charge in [0, 0.05) is 29.3 Å². The Labute approximate surface area is 118 Å². The molecule has 104 valence electrons. The zero-order valence-electron chi connectivity index (χ0n) is 10.9. The van der Waals surface area contributed by atoms with E-state index in [4.69, 9.17) is 10.7 Å². The van der Waals surface area contributed by atoms with E-state index in [2.05, 4.69) is 11.9 Å². The minimum absolute atomic E-state index is 0.0454. The minimum Gasteiger partial charge on any atom is -0.333 e. The average molecular weight is 311 g/mol. The van der Waals surface area contributed by atoms with Crippen molar-refractivity contribution < 1.29 is 8.42 Å². The van der Waals surface area contributed by atoms with E-state index in [1.165, 1.54) is 6.20 Å². The first-order valence-electron chi connectivity index (χ1n) is 5.95. The molecule has 1 heterocycles. The van der Waals surface area contributed by atoms with Gasteiger partial charge in [-0.2, -0.15) is 11.8 Å². The maximum atomic E-state index is 11.3. The van der Waals surface area contributed by atoms with Gasteiger partial charge in [-0.3, -0.25) is 0 Å². The maximum absolute atomic E-state index is 11.3. The maximum Gasteiger partial charge on any atom is 0.280 e. The highest BCUT2D eigenvalue weighted by atomic mass is 35.7. The molecule has 0 fully saturated rings. The van der Waals surface area contributed by atoms with Crippen LogP contribution in [0.25, 0.3) is 0 Å². The molecule has 0 amide bonds. The van der Waals surface area contributed by atoms with E-state index in [1.54, 1.807) is 0 Å². The molecule has 0 saturated heterocycles. The van der Waals surface area contributed by atoms with Crippen molar-refractivity contribution in [2.75, 3.05) is 11.5 Å². The van der Waals surface area contributed by atoms with E-state index in [9.17, 15) is 8.42 Å². The SMILES string of the molecule is CCSCCCn1cc(S(=O)(=O)Cl)nc1C(C)C. The zero-order valence-corrected chi connectivity index (χ0v) is 13.3. The van der Waals surface area contributed by atoms with Crippen molar-refractivity contribution in [3.05, 3.63) is 12.0 Å². The molecule has 1 aromatic heterocycles. The predicted octanol–water partition coefficient (Wildman–Crippen LogP) is 3.08. The van der Waals surface area contributed by atoms with Gasteiger partial charge in [-0.05, 0) is 17.9 Å². The monoisotopic (exact) mass is 310 g/mol. The molecule has 1 rings (SSSR count). The smallest absolute Gasteiger partial charge is 0.280 e. The summed E-state index contributed by atoms with van der Waals surface area (Å²) >= 11 is 1.88. The summed E-state index contributed by atoms with van der Waals surface area (Å²) < 4.78 is 24.5. The molecule has 0 unspecified atom stereocenters. The summed E-state index contributed by atoms with van der Waals surface area (Å²) in [7, 11) is 1.59. The van der Waals surface area contributed by atoms with Crippen LogP contribution in [0, 0.1) is 0 Å². The molecule has 0 bridgehead atoms. The molecular weight excluding hydrogens is 292 g/mol. The lowest BCUT2D eigenvalue weighted by molar-refractivity contribution is 0.606. The van der Waals surface area contributed by atoms with Crippen LogP contribution in [0.15, 0.2) is 11.2 Å². The van der Waals surface area contributed by atoms with Crippen LogP contribution in [-0.2, 0) is 15.6 Å². The summed E-state index contributed by atoms with van der Waals surface area (Å²) in [6.07, 6.45) is 2.53. The molecule has 1 aromatic rings. The van der Waals surface area contributed by atoms with Crippen molar-refractivity contribution in [2.45, 2.75) is 44.7 Å². The van der Waals surface area contributed by atoms with Crippen LogP contribution in [0.1, 0.15) is 38.9 Å². The van der Waals surface area contributed by atoms with E-state index >= 15 is 0 Å². The second kappa shape index (κ2) is 6.82. The number of halogens is 1. The van der Waals surface area contributed by atoms with Crippen LogP contribution in [0.2, 0.25) is 0 Å². The molecule has 0 aliphatic heterocycles. The Kier molecular flexibility index (Phi) is 6.01. The van der Waals surface area contributed by atoms with E-state index in [0.29, 0.717) is 0 Å². The topological polar surface area (TPSA) is 52.0 Å². The largest absolute Gasteiger partial charge is 0.333 e. The molecule has 0 atom stereocenters. The fraction of sp³-hybridized carbons (Fsp3) is 0.727. The number of aromatic nitrogens is 2. The van der Waals surface area contributed by atoms with Crippen LogP contribution in [-0.4, -0.2) is 29.5 Å². The molecule has 18 heavy (non-hydrogen) atoms. The lowest BCUT2D eigenvalue weighted by atomic mass is 10.2. The van der Waals surface area contributed by atoms with Gasteiger partial charge in [-0.15, -0.1) is 0 Å². The van der Waals surface area contributed by atoms with Gasteiger partial charge in [0.1, 0.15) is 5.82 Å². The fourth-order valence-electron chi connectivity index (χ4n) is 1.64. The first-order chi connectivity index (χ1) is 8.36. The molecule has 4 nitrogen and oxygen atoms in total. The Morgan fingerprint density at radius 1 is 1.50 bits per heavy atom. The number of thioether (sulfide) groups is 1. The van der Waals surface area contributed by atoms with Crippen molar-refractivity contribution in [3.8, 4) is 0 Å². The van der Waals surface area contributed by atoms with Gasteiger partial charge >= 0.3 is 0 Å². The Hall–Kier alpha value is -0.200. The number of imidazole rings is 1. The second-order valence-electron chi connectivity index (χ2n) is 4.27. The van der Waals surface area contributed by atoms with Gasteiger partial charge < -0.3 is 4.57 Å². The quantitative estimate of drug-likeness (QED) is 0.573. The molecule has 0 aromatic carbocycles. The molecule has 0 radical (unpaired) electrons. The number of nitrogens with zero attached hydrogens (tertiary/aromatic N) is 2. The number of hydrogen-bond acceptors (Lipinski definition) is 4. The Morgan fingerprint density at radius 2 is 2.17 bits per heavy atom. The van der Waals surface area contributed by atoms with Crippen molar-refractivity contribution >= 4 is 31.5 Å². The standard InChI is InChI=1S/C11H19ClN2O2S2/c1-4-17-7-5-6-14-8-10(18(12,15)16)13-11(14)9(2)3/h8-9H,4-7H2,1-3H3. The van der Waals surface area contributed by atoms with Crippen molar-refractivity contribution in [1.82, 2.24) is 9.55 Å². The van der Waals surface area contributed by atoms with Crippen LogP contribution in [0.4, 0.5) is 0 Å². The third-order valence-corrected chi connectivity index (χ3v) is 4.60. The predicted molar refractivity (Wildman–Crippen MR) is 77.0 cm³/mol. The lowest BCUT2D eigenvalue weighted by Crippen LogP contribution is -2.05. The molecule has 0 aliphatic rings. The first kappa shape index (κ1) is 15.9. The molecule has 0 N–H and O–H groups in total. The summed E-state index contributed by atoms with van der Waals surface area (Å²) in [5.41, 5.74) is 0. The summed E-state index contributed by atoms with van der Waals surface area (Å²) in [4.78, 5) is 4.12. The Morgan fingerprint density at radius 3 is 2.67 bits per heavy atom. The number of hydrogen-bond donors (Lipinski definition) is 0. The van der Waals surface area contributed by atoms with Crippen LogP contribution in [0.3, 0.4) is 0 Å². The summed E-state index contributed by atoms with van der Waals surface area (Å²) in [5, 5.41) is -0.0454. The second-order valence-corrected chi connectivity index (χ2v) is 8.18. The van der Waals surface area contributed by atoms with Crippen LogP contribution < -0.4 is 0 Å². The third-order valence-electron chi connectivity index (χ3n) is 2.44. The van der Waals surface area contributed by atoms with Crippen molar-refractivity contribution in [2.24, 2.45) is 0 Å². The minimum atomic E-state index is -3.74. The molecule has 0 aliphatic carbocycles. The molecule has 7 heteroatoms. The number of rotatable bonds is 7. The van der Waals surface area contributed by atoms with Crippen molar-refractivity contribution in [3.63, 3.8) is 0 Å². The van der Waals surface area contributed by atoms with E-state index in [-0.39, 0.29) is 10.9 Å². The summed E-state index contributed by atoms with van der Waals surface area (Å²) in [5.74, 6) is 3.11. The van der Waals surface area contributed by atoms with Gasteiger partial charge in [0.05, 0.1) is 0 Å². The molecule has 0 spiro atoms. The van der Waals surface area contributed by atoms with Crippen molar-refractivity contribution in [1.29, 1.82) is 0 Å². The molecular formula is C11H19ClN2O2S2. The normalized spacial score (nSPS) is 12.3. The summed E-state index contributed by atoms with van der Waals surface area (Å²) in [6, 6.07) is 0. The van der Waals surface area contributed by atoms with E-state index in [0.717, 1.165) is 30.3 Å². The van der Waals surface area contributed by atoms with E-state index in [1.807, 2.05) is 30.2 Å².